The van der Waals surface area contributed by atoms with Crippen LogP contribution < -0.4 is 0 Å². The highest BCUT2D eigenvalue weighted by atomic mass is 19.4. The molecule has 3 unspecified atom stereocenters. The van der Waals surface area contributed by atoms with Crippen molar-refractivity contribution in [3.05, 3.63) is 210 Å². The summed E-state index contributed by atoms with van der Waals surface area (Å²) in [5.41, 5.74) is -29.1. The van der Waals surface area contributed by atoms with Gasteiger partial charge in [0.05, 0.1) is 33.4 Å². The van der Waals surface area contributed by atoms with Crippen LogP contribution in [0.4, 0.5) is 119 Å². The van der Waals surface area contributed by atoms with Crippen LogP contribution in [-0.2, 0) is 102 Å². The minimum Gasteiger partial charge on any atom is -0.236 e. The topological polar surface area (TPSA) is 55.4 Å². The van der Waals surface area contributed by atoms with Crippen LogP contribution >= 0.6 is 0 Å². The van der Waals surface area contributed by atoms with E-state index >= 15 is 0 Å². The highest BCUT2D eigenvalue weighted by Gasteiger charge is 2.46. The van der Waals surface area contributed by atoms with Gasteiger partial charge >= 0.3 is 44.4 Å². The lowest BCUT2D eigenvalue weighted by Crippen LogP contribution is -2.41. The van der Waals surface area contributed by atoms with Crippen LogP contribution in [0.15, 0.2) is 91.0 Å². The third-order valence-corrected chi connectivity index (χ3v) is 12.3. The van der Waals surface area contributed by atoms with Gasteiger partial charge in [0.25, 0.3) is 0 Å². The van der Waals surface area contributed by atoms with Crippen molar-refractivity contribution in [3.8, 4) is 0 Å². The highest BCUT2D eigenvalue weighted by molar-refractivity contribution is 6.35. The molecule has 0 aromatic heterocycles. The molecule has 0 radical (unpaired) electrons. The van der Waals surface area contributed by atoms with Crippen molar-refractivity contribution in [2.75, 3.05) is 0 Å². The van der Waals surface area contributed by atoms with Crippen molar-refractivity contribution in [2.45, 2.75) is 93.9 Å². The molecule has 0 spiro atoms. The zero-order chi connectivity index (χ0) is 64.2. The first-order valence-electron chi connectivity index (χ1n) is 23.0. The van der Waals surface area contributed by atoms with Crippen molar-refractivity contribution in [3.63, 3.8) is 0 Å². The molecule has 0 fully saturated rings. The molecule has 3 atom stereocenters. The van der Waals surface area contributed by atoms with Crippen LogP contribution in [0.2, 0.25) is 0 Å². The Balaban J connectivity index is 1.57. The van der Waals surface area contributed by atoms with Gasteiger partial charge in [-0.05, 0) is 145 Å². The average Bonchev–Trinajstić information content (AvgIpc) is 3.24. The Bertz CT molecular complexity index is 2910. The largest absolute Gasteiger partial charge is 0.725 e. The van der Waals surface area contributed by atoms with Crippen molar-refractivity contribution in [1.82, 2.24) is 0 Å². The van der Waals surface area contributed by atoms with Gasteiger partial charge in [0.15, 0.2) is 52.4 Å². The normalized spacial score (nSPS) is 15.2. The lowest BCUT2D eigenvalue weighted by Gasteiger charge is -2.34. The van der Waals surface area contributed by atoms with Gasteiger partial charge in [0, 0.05) is 19.3 Å². The van der Waals surface area contributed by atoms with Crippen molar-refractivity contribution < 1.29 is 148 Å². The van der Waals surface area contributed by atoms with Crippen LogP contribution in [0.1, 0.15) is 87.5 Å². The summed E-state index contributed by atoms with van der Waals surface area (Å²) in [6.45, 7) is 1.43. The maximum atomic E-state index is 15.0. The average molecular weight is 1260 g/mol. The molecular weight excluding hydrogens is 1230 g/mol. The Labute approximate surface area is 458 Å². The van der Waals surface area contributed by atoms with Gasteiger partial charge in [0.2, 0.25) is 0 Å². The van der Waals surface area contributed by atoms with Crippen LogP contribution in [-0.4, -0.2) is 7.32 Å². The molecule has 0 saturated carbocycles. The number of alkyl halides is 18. The first kappa shape index (κ1) is 67.4. The van der Waals surface area contributed by atoms with Gasteiger partial charge in [-0.1, -0.05) is 0 Å². The first-order chi connectivity index (χ1) is 38.6. The van der Waals surface area contributed by atoms with Crippen LogP contribution in [0.5, 0.6) is 0 Å². The fraction of sp³-hybridized carbons (Fsp3) is 0.294. The standard InChI is InChI=1S/C51H30BF27O6/c1-43(25-13-34(53)40(59)35(54)14-25,19-22-4-28(46(62,63)64)10-29(5-22)47(65,66)67)80-83-52(84-81-44(2,26-15-36(55)41(60)37(56)16-26)20-23-6-30(48(68,69)70)11-31(7-23)49(71,72)73)85-82-45(3,27-17-38(57)42(61)39(58)18-27)21-24-8-32(50(74,75)76)12-33(9-24)51(77,78)79/h4-18H,19-21H2,1-3H3. The van der Waals surface area contributed by atoms with Crippen LogP contribution in [0.3, 0.4) is 0 Å². The summed E-state index contributed by atoms with van der Waals surface area (Å²) in [6.07, 6.45) is -38.6. The quantitative estimate of drug-likeness (QED) is 0.0281. The zero-order valence-electron chi connectivity index (χ0n) is 42.0. The summed E-state index contributed by atoms with van der Waals surface area (Å²) >= 11 is 0. The number of hydrogen-bond acceptors (Lipinski definition) is 6. The number of halogens is 27. The van der Waals surface area contributed by atoms with Crippen molar-refractivity contribution in [2.24, 2.45) is 0 Å². The van der Waals surface area contributed by atoms with E-state index in [9.17, 15) is 119 Å². The molecule has 0 heterocycles. The van der Waals surface area contributed by atoms with Crippen LogP contribution in [0.25, 0.3) is 0 Å². The second-order valence-corrected chi connectivity index (χ2v) is 19.1. The number of hydrogen-bond donors (Lipinski definition) is 0. The molecule has 6 rings (SSSR count). The fourth-order valence-corrected chi connectivity index (χ4v) is 8.14. The molecule has 6 aromatic carbocycles. The van der Waals surface area contributed by atoms with E-state index in [1.54, 1.807) is 0 Å². The van der Waals surface area contributed by atoms with Gasteiger partial charge < -0.3 is 0 Å². The summed E-state index contributed by atoms with van der Waals surface area (Å²) in [5.74, 6) is -20.1. The fourth-order valence-electron chi connectivity index (χ4n) is 8.14. The summed E-state index contributed by atoms with van der Waals surface area (Å²) in [5, 5.41) is 0. The van der Waals surface area contributed by atoms with Gasteiger partial charge in [0.1, 0.15) is 16.8 Å². The number of benzene rings is 6. The van der Waals surface area contributed by atoms with Gasteiger partial charge in [-0.25, -0.2) is 68.6 Å². The molecule has 0 saturated heterocycles. The van der Waals surface area contributed by atoms with E-state index in [4.69, 9.17) is 29.1 Å². The van der Waals surface area contributed by atoms with E-state index in [1.165, 1.54) is 0 Å². The molecule has 85 heavy (non-hydrogen) atoms. The molecule has 0 amide bonds. The van der Waals surface area contributed by atoms with Gasteiger partial charge in [-0.3, -0.25) is 0 Å². The molecule has 6 nitrogen and oxygen atoms in total. The van der Waals surface area contributed by atoms with Gasteiger partial charge in [-0.2, -0.15) is 79.0 Å². The van der Waals surface area contributed by atoms with E-state index in [-0.39, 0.29) is 72.8 Å². The Kier molecular flexibility index (Phi) is 18.9. The molecular formula is C51H30BF27O6. The molecule has 0 aliphatic rings. The SMILES string of the molecule is CC(Cc1cc(C(F)(F)F)cc(C(F)(F)F)c1)(OOB(OOC(C)(Cc1cc(C(F)(F)F)cc(C(F)(F)F)c1)c1cc(F)c(F)c(F)c1)OOC(C)(Cc1cc(C(F)(F)F)cc(C(F)(F)F)c1)c1cc(F)c(F)c(F)c1)c1cc(F)c(F)c(F)c1. The van der Waals surface area contributed by atoms with E-state index in [0.29, 0.717) is 20.8 Å². The third-order valence-electron chi connectivity index (χ3n) is 12.3. The minimum atomic E-state index is -5.63. The second kappa shape index (κ2) is 23.8. The summed E-state index contributed by atoms with van der Waals surface area (Å²) in [4.78, 5) is 30.6. The Morgan fingerprint density at radius 2 is 0.424 bits per heavy atom. The molecule has 34 heteroatoms. The van der Waals surface area contributed by atoms with Gasteiger partial charge in [-0.15, -0.1) is 0 Å². The van der Waals surface area contributed by atoms with Crippen molar-refractivity contribution >= 4 is 7.32 Å². The summed E-state index contributed by atoms with van der Waals surface area (Å²) in [6, 6.07) is -1.50. The predicted molar refractivity (Wildman–Crippen MR) is 234 cm³/mol. The van der Waals surface area contributed by atoms with Crippen molar-refractivity contribution in [1.29, 1.82) is 0 Å². The molecule has 0 N–H and O–H groups in total. The zero-order valence-corrected chi connectivity index (χ0v) is 42.0. The Morgan fingerprint density at radius 3 is 0.576 bits per heavy atom. The molecule has 462 valence electrons. The Hall–Kier alpha value is -6.75. The highest BCUT2D eigenvalue weighted by Crippen LogP contribution is 2.44. The Morgan fingerprint density at radius 1 is 0.259 bits per heavy atom. The number of rotatable bonds is 18. The lowest BCUT2D eigenvalue weighted by atomic mass is 9.87. The maximum Gasteiger partial charge on any atom is 0.725 e. The third kappa shape index (κ3) is 16.2. The monoisotopic (exact) mass is 1260 g/mol. The minimum absolute atomic E-state index is 0.0153. The molecule has 0 aliphatic heterocycles. The van der Waals surface area contributed by atoms with E-state index in [2.05, 4.69) is 0 Å². The van der Waals surface area contributed by atoms with E-state index < -0.39 is 218 Å². The summed E-state index contributed by atoms with van der Waals surface area (Å²) < 4.78 is 386. The van der Waals surface area contributed by atoms with E-state index in [0.717, 1.165) is 0 Å². The van der Waals surface area contributed by atoms with Crippen LogP contribution in [0, 0.1) is 52.4 Å². The smallest absolute Gasteiger partial charge is 0.236 e. The lowest BCUT2D eigenvalue weighted by molar-refractivity contribution is -0.410. The molecule has 0 aliphatic carbocycles. The van der Waals surface area contributed by atoms with E-state index in [1.807, 2.05) is 0 Å². The predicted octanol–water partition coefficient (Wildman–Crippen LogP) is 17.7. The second-order valence-electron chi connectivity index (χ2n) is 19.1. The summed E-state index contributed by atoms with van der Waals surface area (Å²) in [7, 11) is -3.54. The first-order valence-corrected chi connectivity index (χ1v) is 23.0. The maximum absolute atomic E-state index is 15.0. The molecule has 0 bridgehead atoms. The molecule has 6 aromatic rings.